The predicted molar refractivity (Wildman–Crippen MR) is 104 cm³/mol. The van der Waals surface area contributed by atoms with Crippen LogP contribution in [-0.2, 0) is 14.8 Å². The van der Waals surface area contributed by atoms with Gasteiger partial charge in [0.25, 0.3) is 5.91 Å². The molecule has 1 atom stereocenters. The lowest BCUT2D eigenvalue weighted by atomic mass is 10.1. The second-order valence-electron chi connectivity index (χ2n) is 6.56. The Kier molecular flexibility index (Phi) is 8.87. The van der Waals surface area contributed by atoms with Crippen molar-refractivity contribution in [3.63, 3.8) is 0 Å². The van der Waals surface area contributed by atoms with Gasteiger partial charge >= 0.3 is 6.03 Å². The molecule has 1 aromatic carbocycles. The number of nitrogens with two attached hydrogens (primary N) is 1. The van der Waals surface area contributed by atoms with Crippen LogP contribution in [0.3, 0.4) is 0 Å². The van der Waals surface area contributed by atoms with E-state index in [1.165, 1.54) is 4.31 Å². The molecule has 0 spiro atoms. The number of nitrogens with zero attached hydrogens (tertiary/aromatic N) is 1. The lowest BCUT2D eigenvalue weighted by Gasteiger charge is -2.19. The number of nitrogens with one attached hydrogen (secondary N) is 2. The Bertz CT molecular complexity index is 728. The molecule has 0 heterocycles. The van der Waals surface area contributed by atoms with E-state index in [1.54, 1.807) is 43.4 Å². The number of carbonyl (C=O) groups is 2. The number of sulfonamides is 1. The standard InChI is InChI=1S/C18H30N4O4S/c1-6-22(7-2)27(25,26)16-10-8-15(9-11-16)14(5)19-12-17(23)21-18(24)20-13(3)4/h8-11,13-14,19H,6-7,12H2,1-5H3,(H2,20,21,23,24)/p+1/t14-/m0/s1. The fourth-order valence-corrected chi connectivity index (χ4v) is 4.01. The van der Waals surface area contributed by atoms with Gasteiger partial charge in [-0.3, -0.25) is 10.1 Å². The zero-order chi connectivity index (χ0) is 20.6. The van der Waals surface area contributed by atoms with Crippen molar-refractivity contribution in [3.05, 3.63) is 29.8 Å². The molecule has 0 fully saturated rings. The number of benzene rings is 1. The highest BCUT2D eigenvalue weighted by Gasteiger charge is 2.22. The van der Waals surface area contributed by atoms with Crippen LogP contribution in [0.4, 0.5) is 4.79 Å². The molecule has 0 saturated heterocycles. The van der Waals surface area contributed by atoms with Crippen LogP contribution in [0.25, 0.3) is 0 Å². The number of carbonyl (C=O) groups excluding carboxylic acids is 2. The second kappa shape index (κ2) is 10.4. The predicted octanol–water partition coefficient (Wildman–Crippen LogP) is 0.576. The molecule has 152 valence electrons. The maximum absolute atomic E-state index is 12.5. The molecule has 3 amide bonds. The lowest BCUT2D eigenvalue weighted by Crippen LogP contribution is -2.87. The number of hydrogen-bond acceptors (Lipinski definition) is 4. The molecule has 0 aliphatic heterocycles. The third kappa shape index (κ3) is 6.93. The van der Waals surface area contributed by atoms with Gasteiger partial charge in [0.1, 0.15) is 6.04 Å². The first kappa shape index (κ1) is 23.1. The fourth-order valence-electron chi connectivity index (χ4n) is 2.55. The van der Waals surface area contributed by atoms with Crippen molar-refractivity contribution in [2.75, 3.05) is 19.6 Å². The maximum atomic E-state index is 12.5. The average molecular weight is 400 g/mol. The summed E-state index contributed by atoms with van der Waals surface area (Å²) in [4.78, 5) is 23.6. The number of amides is 3. The average Bonchev–Trinajstić information content (AvgIpc) is 2.59. The molecule has 0 bridgehead atoms. The van der Waals surface area contributed by atoms with Gasteiger partial charge in [-0.05, 0) is 32.9 Å². The van der Waals surface area contributed by atoms with Crippen LogP contribution in [0, 0.1) is 0 Å². The van der Waals surface area contributed by atoms with E-state index in [4.69, 9.17) is 0 Å². The van der Waals surface area contributed by atoms with E-state index >= 15 is 0 Å². The van der Waals surface area contributed by atoms with Crippen LogP contribution < -0.4 is 16.0 Å². The molecule has 9 heteroatoms. The van der Waals surface area contributed by atoms with Gasteiger partial charge in [0.2, 0.25) is 10.0 Å². The van der Waals surface area contributed by atoms with Crippen LogP contribution in [0.5, 0.6) is 0 Å². The van der Waals surface area contributed by atoms with E-state index in [2.05, 4.69) is 10.6 Å². The normalized spacial score (nSPS) is 12.9. The van der Waals surface area contributed by atoms with Gasteiger partial charge in [0, 0.05) is 24.7 Å². The summed E-state index contributed by atoms with van der Waals surface area (Å²) in [5.41, 5.74) is 0.896. The summed E-state index contributed by atoms with van der Waals surface area (Å²) in [6.07, 6.45) is 0. The van der Waals surface area contributed by atoms with Gasteiger partial charge < -0.3 is 10.6 Å². The minimum absolute atomic E-state index is 0.0492. The summed E-state index contributed by atoms with van der Waals surface area (Å²) in [5, 5.41) is 6.64. The molecule has 1 aromatic rings. The second-order valence-corrected chi connectivity index (χ2v) is 8.50. The summed E-state index contributed by atoms with van der Waals surface area (Å²) >= 11 is 0. The first-order chi connectivity index (χ1) is 12.6. The van der Waals surface area contributed by atoms with Crippen molar-refractivity contribution in [1.29, 1.82) is 0 Å². The Balaban J connectivity index is 2.66. The summed E-state index contributed by atoms with van der Waals surface area (Å²) in [6.45, 7) is 10.1. The molecule has 27 heavy (non-hydrogen) atoms. The molecule has 0 saturated carbocycles. The molecule has 0 aliphatic carbocycles. The monoisotopic (exact) mass is 399 g/mol. The Hall–Kier alpha value is -1.97. The van der Waals surface area contributed by atoms with E-state index in [0.717, 1.165) is 5.56 Å². The van der Waals surface area contributed by atoms with Crippen LogP contribution in [0.2, 0.25) is 0 Å². The number of imide groups is 1. The molecule has 8 nitrogen and oxygen atoms in total. The van der Waals surface area contributed by atoms with Gasteiger partial charge in [0.15, 0.2) is 6.54 Å². The minimum atomic E-state index is -3.48. The van der Waals surface area contributed by atoms with Crippen molar-refractivity contribution in [1.82, 2.24) is 14.9 Å². The Labute approximate surface area is 161 Å². The van der Waals surface area contributed by atoms with E-state index in [1.807, 2.05) is 20.8 Å². The topological polar surface area (TPSA) is 112 Å². The molecular formula is C18H31N4O4S+. The largest absolute Gasteiger partial charge is 0.336 e. The first-order valence-corrected chi connectivity index (χ1v) is 10.6. The van der Waals surface area contributed by atoms with Crippen LogP contribution in [0.15, 0.2) is 29.2 Å². The van der Waals surface area contributed by atoms with Gasteiger partial charge in [-0.2, -0.15) is 4.31 Å². The fraction of sp³-hybridized carbons (Fsp3) is 0.556. The highest BCUT2D eigenvalue weighted by Crippen LogP contribution is 2.18. The zero-order valence-corrected chi connectivity index (χ0v) is 17.5. The lowest BCUT2D eigenvalue weighted by molar-refractivity contribution is -0.682. The van der Waals surface area contributed by atoms with Gasteiger partial charge in [-0.25, -0.2) is 13.2 Å². The summed E-state index contributed by atoms with van der Waals surface area (Å²) in [6, 6.07) is 6.05. The van der Waals surface area contributed by atoms with E-state index in [0.29, 0.717) is 13.1 Å². The van der Waals surface area contributed by atoms with E-state index in [-0.39, 0.29) is 29.4 Å². The van der Waals surface area contributed by atoms with Crippen molar-refractivity contribution in [2.24, 2.45) is 0 Å². The van der Waals surface area contributed by atoms with E-state index in [9.17, 15) is 18.0 Å². The summed E-state index contributed by atoms with van der Waals surface area (Å²) in [5.74, 6) is -0.388. The van der Waals surface area contributed by atoms with Gasteiger partial charge in [-0.1, -0.05) is 26.0 Å². The van der Waals surface area contributed by atoms with Crippen LogP contribution in [-0.4, -0.2) is 50.3 Å². The molecule has 0 radical (unpaired) electrons. The molecule has 0 aromatic heterocycles. The SMILES string of the molecule is CCN(CC)S(=O)(=O)c1ccc([C@H](C)[NH2+]CC(=O)NC(=O)NC(C)C)cc1. The molecule has 4 N–H and O–H groups in total. The smallest absolute Gasteiger partial charge is 0.321 e. The first-order valence-electron chi connectivity index (χ1n) is 9.15. The quantitative estimate of drug-likeness (QED) is 0.564. The highest BCUT2D eigenvalue weighted by molar-refractivity contribution is 7.89. The van der Waals surface area contributed by atoms with Gasteiger partial charge in [-0.15, -0.1) is 0 Å². The van der Waals surface area contributed by atoms with Crippen LogP contribution in [0.1, 0.15) is 46.2 Å². The summed E-state index contributed by atoms with van der Waals surface area (Å²) < 4.78 is 26.4. The van der Waals surface area contributed by atoms with Crippen molar-refractivity contribution < 1.29 is 23.3 Å². The molecule has 0 unspecified atom stereocenters. The van der Waals surface area contributed by atoms with Crippen LogP contribution >= 0.6 is 0 Å². The molecular weight excluding hydrogens is 368 g/mol. The van der Waals surface area contributed by atoms with Crippen molar-refractivity contribution in [2.45, 2.75) is 51.6 Å². The van der Waals surface area contributed by atoms with Crippen molar-refractivity contribution >= 4 is 22.0 Å². The maximum Gasteiger partial charge on any atom is 0.321 e. The van der Waals surface area contributed by atoms with E-state index < -0.39 is 16.1 Å². The molecule has 1 rings (SSSR count). The number of hydrogen-bond donors (Lipinski definition) is 3. The third-order valence-electron chi connectivity index (χ3n) is 4.08. The third-order valence-corrected chi connectivity index (χ3v) is 6.14. The highest BCUT2D eigenvalue weighted by atomic mass is 32.2. The Morgan fingerprint density at radius 3 is 2.11 bits per heavy atom. The Morgan fingerprint density at radius 1 is 1.07 bits per heavy atom. The summed E-state index contributed by atoms with van der Waals surface area (Å²) in [7, 11) is -3.48. The number of rotatable bonds is 9. The zero-order valence-electron chi connectivity index (χ0n) is 16.7. The van der Waals surface area contributed by atoms with Crippen molar-refractivity contribution in [3.8, 4) is 0 Å². The number of quaternary nitrogens is 1. The molecule has 0 aliphatic rings. The Morgan fingerprint density at radius 2 is 1.63 bits per heavy atom. The minimum Gasteiger partial charge on any atom is -0.336 e. The number of urea groups is 1. The van der Waals surface area contributed by atoms with Gasteiger partial charge in [0.05, 0.1) is 4.90 Å².